The van der Waals surface area contributed by atoms with Gasteiger partial charge in [-0.1, -0.05) is 195 Å². The van der Waals surface area contributed by atoms with E-state index in [1.165, 1.54) is 6.92 Å². The third kappa shape index (κ3) is 17.8. The Morgan fingerprint density at radius 1 is 0.402 bits per heavy atom. The maximum Gasteiger partial charge on any atom is 0.221 e. The highest BCUT2D eigenvalue weighted by Gasteiger charge is 2.13. The molecule has 0 aliphatic rings. The van der Waals surface area contributed by atoms with Gasteiger partial charge in [0.15, 0.2) is 17.2 Å². The fourth-order valence-electron chi connectivity index (χ4n) is 7.68. The first-order valence-corrected chi connectivity index (χ1v) is 30.1. The van der Waals surface area contributed by atoms with Crippen molar-refractivity contribution in [3.8, 4) is 17.2 Å². The number of aromatic nitrogens is 1. The summed E-state index contributed by atoms with van der Waals surface area (Å²) in [5.41, 5.74) is 7.32. The number of pyridine rings is 1. The van der Waals surface area contributed by atoms with Gasteiger partial charge in [-0.05, 0) is 132 Å². The van der Waals surface area contributed by atoms with Crippen molar-refractivity contribution in [3.63, 3.8) is 0 Å². The molecule has 0 fully saturated rings. The second-order valence-corrected chi connectivity index (χ2v) is 24.3. The molecule has 418 valence electrons. The van der Waals surface area contributed by atoms with Crippen LogP contribution in [0.4, 0.5) is 22.7 Å². The number of hydrogen-bond acceptors (Lipinski definition) is 11. The van der Waals surface area contributed by atoms with E-state index in [0.29, 0.717) is 29.7 Å². The van der Waals surface area contributed by atoms with Crippen molar-refractivity contribution in [2.24, 2.45) is 0 Å². The minimum Gasteiger partial charge on any atom is -0.505 e. The van der Waals surface area contributed by atoms with Crippen LogP contribution in [0.2, 0.25) is 40.2 Å². The Bertz CT molecular complexity index is 3810. The molecule has 0 aliphatic heterocycles. The second-order valence-electron chi connectivity index (χ2n) is 17.7. The van der Waals surface area contributed by atoms with Crippen LogP contribution >= 0.6 is 128 Å². The van der Waals surface area contributed by atoms with Crippen LogP contribution in [0.1, 0.15) is 23.6 Å². The zero-order chi connectivity index (χ0) is 58.3. The van der Waals surface area contributed by atoms with Gasteiger partial charge in [0.2, 0.25) is 5.91 Å². The topological polar surface area (TPSA) is 139 Å². The number of nitrogens with zero attached hydrogens (tertiary/aromatic N) is 1. The Labute approximate surface area is 527 Å². The van der Waals surface area contributed by atoms with Crippen LogP contribution in [0.15, 0.2) is 218 Å². The van der Waals surface area contributed by atoms with Crippen molar-refractivity contribution in [1.29, 1.82) is 0 Å². The van der Waals surface area contributed by atoms with Crippen LogP contribution in [0.25, 0.3) is 10.9 Å². The summed E-state index contributed by atoms with van der Waals surface area (Å²) in [6, 6.07) is 57.8. The number of amides is 1. The lowest BCUT2D eigenvalue weighted by Gasteiger charge is -2.13. The van der Waals surface area contributed by atoms with E-state index in [2.05, 4.69) is 68.7 Å². The van der Waals surface area contributed by atoms with E-state index in [0.717, 1.165) is 79.7 Å². The Morgan fingerprint density at radius 3 is 1.20 bits per heavy atom. The fourth-order valence-corrected chi connectivity index (χ4v) is 12.4. The van der Waals surface area contributed by atoms with Gasteiger partial charge >= 0.3 is 0 Å². The van der Waals surface area contributed by atoms with E-state index < -0.39 is 0 Å². The maximum absolute atomic E-state index is 11.1. The van der Waals surface area contributed by atoms with Gasteiger partial charge < -0.3 is 36.6 Å². The van der Waals surface area contributed by atoms with Gasteiger partial charge in [-0.2, -0.15) is 0 Å². The number of halogens is 8. The van der Waals surface area contributed by atoms with E-state index in [1.807, 2.05) is 103 Å². The molecular weight excluding hydrogens is 1260 g/mol. The van der Waals surface area contributed by atoms with E-state index in [1.54, 1.807) is 77.8 Å². The molecule has 7 N–H and O–H groups in total. The third-order valence-corrected chi connectivity index (χ3v) is 17.6. The predicted octanol–water partition coefficient (Wildman–Crippen LogP) is 21.2. The van der Waals surface area contributed by atoms with Gasteiger partial charge in [0, 0.05) is 90.3 Å². The molecule has 0 bridgehead atoms. The number of hydrogen-bond donors (Lipinski definition) is 7. The SMILES string of the molecule is CC(=O)Nc1ccc(Sc2ccccc2CNc2cc(Cl)c(O)c(Cl)c2)cc1.Oc1c(Cl)cc(NCc2ccccc2Sc2ccc(Cl)c(Cl)c2)cc1Cl.Oc1c(Cl)cc(NCc2ccccc2Sc2ccc3cccnc3c2)cc1Cl. The molecule has 0 unspecified atom stereocenters. The summed E-state index contributed by atoms with van der Waals surface area (Å²) in [6.07, 6.45) is 1.81. The molecule has 0 atom stereocenters. The molecule has 1 amide bonds. The molecule has 9 nitrogen and oxygen atoms in total. The summed E-state index contributed by atoms with van der Waals surface area (Å²) in [5, 5.41) is 45.1. The fraction of sp³-hybridized carbons (Fsp3) is 0.0645. The number of fused-ring (bicyclic) bond motifs is 1. The third-order valence-electron chi connectivity index (χ3n) is 11.7. The lowest BCUT2D eigenvalue weighted by Crippen LogP contribution is -2.05. The van der Waals surface area contributed by atoms with Gasteiger partial charge in [-0.15, -0.1) is 0 Å². The Morgan fingerprint density at radius 2 is 0.780 bits per heavy atom. The van der Waals surface area contributed by atoms with Crippen LogP contribution in [0, 0.1) is 0 Å². The number of carbonyl (C=O) groups is 1. The molecule has 0 aliphatic carbocycles. The van der Waals surface area contributed by atoms with Crippen molar-refractivity contribution in [1.82, 2.24) is 4.98 Å². The molecule has 10 rings (SSSR count). The van der Waals surface area contributed by atoms with Crippen molar-refractivity contribution in [2.45, 2.75) is 55.9 Å². The largest absolute Gasteiger partial charge is 0.505 e. The zero-order valence-electron chi connectivity index (χ0n) is 43.0. The smallest absolute Gasteiger partial charge is 0.221 e. The highest BCUT2D eigenvalue weighted by atomic mass is 35.5. The number of phenolic OH excluding ortho intramolecular Hbond substituents is 3. The number of benzene rings is 9. The van der Waals surface area contributed by atoms with Crippen LogP contribution in [0.5, 0.6) is 17.2 Å². The molecular formula is C62H47Cl8N5O4S3. The standard InChI is InChI=1S/C22H16Cl2N2OS.C21H18Cl2N2O2S.C19H13Cl4NOS/c23-18-10-16(11-19(24)22(18)27)26-13-15-4-1-2-6-21(15)28-17-8-7-14-5-3-9-25-20(14)12-17;1-13(26)25-15-6-8-17(9-7-15)28-20-5-3-2-4-14(20)12-24-16-10-18(22)21(27)19(23)11-16;20-14-6-5-13(9-15(14)21)26-18-4-2-1-3-11(18)10-24-12-7-16(22)19(25)17(23)8-12/h1-12,26-27H,13H2;2-11,24,27H,12H2,1H3,(H,25,26);1-9,24-25H,10H2. The lowest BCUT2D eigenvalue weighted by molar-refractivity contribution is -0.114. The van der Waals surface area contributed by atoms with E-state index in [4.69, 9.17) is 92.8 Å². The molecule has 0 radical (unpaired) electrons. The Balaban J connectivity index is 0.000000161. The highest BCUT2D eigenvalue weighted by molar-refractivity contribution is 8.00. The predicted molar refractivity (Wildman–Crippen MR) is 347 cm³/mol. The molecule has 0 spiro atoms. The van der Waals surface area contributed by atoms with Crippen molar-refractivity contribution >= 4 is 168 Å². The summed E-state index contributed by atoms with van der Waals surface area (Å²) < 4.78 is 0. The van der Waals surface area contributed by atoms with E-state index >= 15 is 0 Å². The van der Waals surface area contributed by atoms with Gasteiger partial charge in [-0.3, -0.25) is 9.78 Å². The first-order chi connectivity index (χ1) is 39.5. The molecule has 82 heavy (non-hydrogen) atoms. The molecule has 10 aromatic rings. The summed E-state index contributed by atoms with van der Waals surface area (Å²) in [7, 11) is 0. The van der Waals surface area contributed by atoms with Crippen LogP contribution in [0.3, 0.4) is 0 Å². The van der Waals surface area contributed by atoms with Crippen molar-refractivity contribution in [2.75, 3.05) is 21.3 Å². The molecule has 0 saturated heterocycles. The van der Waals surface area contributed by atoms with Crippen LogP contribution < -0.4 is 21.3 Å². The van der Waals surface area contributed by atoms with E-state index in [9.17, 15) is 20.1 Å². The van der Waals surface area contributed by atoms with Crippen LogP contribution in [-0.4, -0.2) is 26.2 Å². The van der Waals surface area contributed by atoms with Crippen molar-refractivity contribution < 1.29 is 20.1 Å². The Hall–Kier alpha value is -5.97. The minimum atomic E-state index is -0.118. The minimum absolute atomic E-state index is 0.0914. The molecule has 20 heteroatoms. The number of aromatic hydroxyl groups is 3. The highest BCUT2D eigenvalue weighted by Crippen LogP contribution is 2.40. The zero-order valence-corrected chi connectivity index (χ0v) is 51.5. The Kier molecular flexibility index (Phi) is 22.7. The lowest BCUT2D eigenvalue weighted by atomic mass is 10.2. The van der Waals surface area contributed by atoms with Gasteiger partial charge in [0.05, 0.1) is 45.7 Å². The summed E-state index contributed by atoms with van der Waals surface area (Å²) in [5.74, 6) is -0.428. The maximum atomic E-state index is 11.1. The average Bonchev–Trinajstić information content (AvgIpc) is 3.62. The molecule has 1 heterocycles. The monoisotopic (exact) mass is 1300 g/mol. The van der Waals surface area contributed by atoms with Gasteiger partial charge in [0.1, 0.15) is 0 Å². The number of carbonyl (C=O) groups excluding carboxylic acids is 1. The van der Waals surface area contributed by atoms with Gasteiger partial charge in [-0.25, -0.2) is 0 Å². The molecule has 1 aromatic heterocycles. The second kappa shape index (κ2) is 30.0. The number of phenols is 3. The normalized spacial score (nSPS) is 10.7. The summed E-state index contributed by atoms with van der Waals surface area (Å²) in [4.78, 5) is 22.1. The van der Waals surface area contributed by atoms with E-state index in [-0.39, 0.29) is 53.3 Å². The number of anilines is 4. The first-order valence-electron chi connectivity index (χ1n) is 24.7. The number of nitrogens with one attached hydrogen (secondary N) is 4. The van der Waals surface area contributed by atoms with Gasteiger partial charge in [0.25, 0.3) is 0 Å². The first kappa shape index (κ1) is 62.1. The molecule has 9 aromatic carbocycles. The van der Waals surface area contributed by atoms with Crippen molar-refractivity contribution in [3.05, 3.63) is 245 Å². The average molecular weight is 1310 g/mol. The quantitative estimate of drug-likeness (QED) is 0.0466. The summed E-state index contributed by atoms with van der Waals surface area (Å²) >= 11 is 52.9. The van der Waals surface area contributed by atoms with Crippen LogP contribution in [-0.2, 0) is 24.4 Å². The number of rotatable bonds is 16. The summed E-state index contributed by atoms with van der Waals surface area (Å²) in [6.45, 7) is 3.24. The molecule has 0 saturated carbocycles.